The number of rotatable bonds is 8. The molecule has 1 aromatic rings. The van der Waals surface area contributed by atoms with Crippen LogP contribution in [0.3, 0.4) is 0 Å². The summed E-state index contributed by atoms with van der Waals surface area (Å²) in [6.45, 7) is 7.58. The second-order valence-corrected chi connectivity index (χ2v) is 11.5. The second-order valence-electron chi connectivity index (χ2n) is 10.8. The lowest BCUT2D eigenvalue weighted by atomic mass is 9.60. The first-order valence-corrected chi connectivity index (χ1v) is 13.7. The number of halogens is 2. The van der Waals surface area contributed by atoms with Gasteiger partial charge in [0, 0.05) is 42.9 Å². The van der Waals surface area contributed by atoms with Gasteiger partial charge < -0.3 is 19.1 Å². The van der Waals surface area contributed by atoms with Gasteiger partial charge >= 0.3 is 5.97 Å². The lowest BCUT2D eigenvalue weighted by molar-refractivity contribution is -0.541. The Morgan fingerprint density at radius 1 is 1.11 bits per heavy atom. The molecule has 0 aromatic heterocycles. The molecular weight excluding hydrogens is 493 g/mol. The third-order valence-electron chi connectivity index (χ3n) is 8.48. The maximum absolute atomic E-state index is 13.1. The fraction of sp³-hybridized carbons (Fsp3) is 0.731. The largest absolute Gasteiger partial charge is 0.459 e. The van der Waals surface area contributed by atoms with Crippen molar-refractivity contribution in [2.24, 2.45) is 17.8 Å². The van der Waals surface area contributed by atoms with Gasteiger partial charge in [0.2, 0.25) is 5.79 Å². The second kappa shape index (κ2) is 9.66. The number of anilines is 1. The molecule has 4 heterocycles. The highest BCUT2D eigenvalue weighted by Crippen LogP contribution is 2.63. The van der Waals surface area contributed by atoms with Crippen LogP contribution in [0.25, 0.3) is 0 Å². The Morgan fingerprint density at radius 2 is 1.89 bits per heavy atom. The SMILES string of the molecule is C[C@@H]1CC[C@@H]2[C@]34OO[C@](C)(CC[C@@H]13)O[C@H]4O[C@]2(C)COC(=O)c1cccc(N(CCCl)CCCl)c1. The number of hydrogen-bond donors (Lipinski definition) is 0. The summed E-state index contributed by atoms with van der Waals surface area (Å²) < 4.78 is 18.8. The number of fused-ring (bicyclic) bond motifs is 2. The number of esters is 1. The summed E-state index contributed by atoms with van der Waals surface area (Å²) in [5.41, 5.74) is -0.0622. The van der Waals surface area contributed by atoms with E-state index in [1.54, 1.807) is 6.07 Å². The molecule has 1 aliphatic carbocycles. The Kier molecular flexibility index (Phi) is 7.05. The maximum atomic E-state index is 13.1. The minimum atomic E-state index is -0.822. The highest BCUT2D eigenvalue weighted by atomic mass is 35.5. The van der Waals surface area contributed by atoms with Gasteiger partial charge in [-0.2, -0.15) is 0 Å². The van der Waals surface area contributed by atoms with Gasteiger partial charge in [-0.05, 0) is 63.1 Å². The van der Waals surface area contributed by atoms with Crippen LogP contribution in [0, 0.1) is 17.8 Å². The van der Waals surface area contributed by atoms with Crippen molar-refractivity contribution in [1.29, 1.82) is 0 Å². The predicted octanol–water partition coefficient (Wildman–Crippen LogP) is 5.13. The molecule has 7 nitrogen and oxygen atoms in total. The lowest BCUT2D eigenvalue weighted by Gasteiger charge is -2.50. The van der Waals surface area contributed by atoms with Gasteiger partial charge in [0.05, 0.1) is 5.56 Å². The fourth-order valence-electron chi connectivity index (χ4n) is 6.64. The van der Waals surface area contributed by atoms with Gasteiger partial charge in [0.1, 0.15) is 12.2 Å². The number of benzene rings is 1. The molecule has 5 aliphatic rings. The molecule has 4 saturated heterocycles. The van der Waals surface area contributed by atoms with Crippen LogP contribution >= 0.6 is 23.2 Å². The zero-order valence-corrected chi connectivity index (χ0v) is 22.1. The molecule has 0 radical (unpaired) electrons. The Balaban J connectivity index is 1.34. The quantitative estimate of drug-likeness (QED) is 0.263. The van der Waals surface area contributed by atoms with Crippen molar-refractivity contribution < 1.29 is 28.8 Å². The first-order chi connectivity index (χ1) is 16.7. The summed E-state index contributed by atoms with van der Waals surface area (Å²) in [6, 6.07) is 7.37. The third-order valence-corrected chi connectivity index (χ3v) is 8.82. The van der Waals surface area contributed by atoms with E-state index in [1.807, 2.05) is 32.0 Å². The van der Waals surface area contributed by atoms with Crippen LogP contribution in [-0.4, -0.2) is 60.7 Å². The van der Waals surface area contributed by atoms with Crippen LogP contribution in [0.5, 0.6) is 0 Å². The fourth-order valence-corrected chi connectivity index (χ4v) is 7.05. The highest BCUT2D eigenvalue weighted by Gasteiger charge is 2.74. The van der Waals surface area contributed by atoms with Crippen LogP contribution in [0.2, 0.25) is 0 Å². The van der Waals surface area contributed by atoms with Crippen LogP contribution in [-0.2, 0) is 24.0 Å². The van der Waals surface area contributed by atoms with Crippen LogP contribution < -0.4 is 4.90 Å². The van der Waals surface area contributed by atoms with Crippen molar-refractivity contribution >= 4 is 34.9 Å². The normalized spacial score (nSPS) is 39.7. The standard InChI is InChI=1S/C26H35Cl2NO6/c1-17-7-8-21-24(2,32-23-26(21)20(17)9-10-25(3,33-23)34-35-26)16-31-22(30)18-5-4-6-19(15-18)29(13-11-27)14-12-28/h4-6,15,17,20-21,23H,7-14,16H2,1-3H3/t17-,20+,21+,23-,24-,25-,26-/m1/s1. The molecule has 7 atom stereocenters. The Bertz CT molecular complexity index is 944. The molecule has 5 fully saturated rings. The average Bonchev–Trinajstić information content (AvgIpc) is 2.92. The molecule has 194 valence electrons. The van der Waals surface area contributed by atoms with Crippen molar-refractivity contribution in [2.75, 3.05) is 36.4 Å². The molecule has 1 aromatic carbocycles. The zero-order valence-electron chi connectivity index (χ0n) is 20.6. The van der Waals surface area contributed by atoms with Gasteiger partial charge in [0.15, 0.2) is 11.9 Å². The van der Waals surface area contributed by atoms with E-state index in [-0.39, 0.29) is 18.4 Å². The summed E-state index contributed by atoms with van der Waals surface area (Å²) in [7, 11) is 0. The summed E-state index contributed by atoms with van der Waals surface area (Å²) in [6.07, 6.45) is 3.14. The molecule has 35 heavy (non-hydrogen) atoms. The Hall–Kier alpha value is -1.09. The third kappa shape index (κ3) is 4.36. The van der Waals surface area contributed by atoms with Crippen LogP contribution in [0.15, 0.2) is 24.3 Å². The predicted molar refractivity (Wildman–Crippen MR) is 133 cm³/mol. The lowest BCUT2D eigenvalue weighted by Crippen LogP contribution is -2.62. The molecule has 0 amide bonds. The molecule has 0 N–H and O–H groups in total. The number of nitrogens with zero attached hydrogens (tertiary/aromatic N) is 1. The number of hydrogen-bond acceptors (Lipinski definition) is 7. The summed E-state index contributed by atoms with van der Waals surface area (Å²) in [5.74, 6) is 0.452. The molecule has 1 spiro atoms. The monoisotopic (exact) mass is 527 g/mol. The summed E-state index contributed by atoms with van der Waals surface area (Å²) in [4.78, 5) is 27.2. The summed E-state index contributed by atoms with van der Waals surface area (Å²) >= 11 is 11.9. The topological polar surface area (TPSA) is 66.5 Å². The first kappa shape index (κ1) is 25.6. The van der Waals surface area contributed by atoms with Crippen molar-refractivity contribution in [2.45, 2.75) is 69.7 Å². The molecule has 9 heteroatoms. The van der Waals surface area contributed by atoms with E-state index in [9.17, 15) is 4.79 Å². The minimum absolute atomic E-state index is 0.00841. The first-order valence-electron chi connectivity index (χ1n) is 12.6. The molecular formula is C26H35Cl2NO6. The smallest absolute Gasteiger partial charge is 0.338 e. The maximum Gasteiger partial charge on any atom is 0.338 e. The van der Waals surface area contributed by atoms with Crippen molar-refractivity contribution in [1.82, 2.24) is 0 Å². The summed E-state index contributed by atoms with van der Waals surface area (Å²) in [5, 5.41) is 0. The van der Waals surface area contributed by atoms with E-state index in [0.29, 0.717) is 36.3 Å². The van der Waals surface area contributed by atoms with Gasteiger partial charge in [-0.3, -0.25) is 0 Å². The van der Waals surface area contributed by atoms with Crippen molar-refractivity contribution in [3.05, 3.63) is 29.8 Å². The van der Waals surface area contributed by atoms with Gasteiger partial charge in [-0.15, -0.1) is 23.2 Å². The van der Waals surface area contributed by atoms with E-state index in [2.05, 4.69) is 11.8 Å². The van der Waals surface area contributed by atoms with E-state index < -0.39 is 29.2 Å². The van der Waals surface area contributed by atoms with Crippen LogP contribution in [0.4, 0.5) is 5.69 Å². The Labute approximate surface area is 217 Å². The van der Waals surface area contributed by atoms with Crippen LogP contribution in [0.1, 0.15) is 56.8 Å². The highest BCUT2D eigenvalue weighted by molar-refractivity contribution is 6.18. The zero-order chi connectivity index (χ0) is 24.8. The molecule has 4 aliphatic heterocycles. The molecule has 0 unspecified atom stereocenters. The van der Waals surface area contributed by atoms with E-state index in [1.165, 1.54) is 0 Å². The molecule has 1 saturated carbocycles. The number of ether oxygens (including phenoxy) is 3. The minimum Gasteiger partial charge on any atom is -0.459 e. The van der Waals surface area contributed by atoms with Crippen molar-refractivity contribution in [3.8, 4) is 0 Å². The number of alkyl halides is 2. The van der Waals surface area contributed by atoms with E-state index >= 15 is 0 Å². The van der Waals surface area contributed by atoms with E-state index in [0.717, 1.165) is 31.4 Å². The number of carbonyl (C=O) groups is 1. The molecule has 2 bridgehead atoms. The Morgan fingerprint density at radius 3 is 2.63 bits per heavy atom. The van der Waals surface area contributed by atoms with E-state index in [4.69, 9.17) is 47.2 Å². The van der Waals surface area contributed by atoms with Gasteiger partial charge in [0.25, 0.3) is 0 Å². The van der Waals surface area contributed by atoms with Crippen molar-refractivity contribution in [3.63, 3.8) is 0 Å². The average molecular weight is 528 g/mol. The number of carbonyl (C=O) groups excluding carboxylic acids is 1. The van der Waals surface area contributed by atoms with Gasteiger partial charge in [-0.1, -0.05) is 13.0 Å². The van der Waals surface area contributed by atoms with Gasteiger partial charge in [-0.25, -0.2) is 14.6 Å². The molecule has 6 rings (SSSR count).